The minimum absolute atomic E-state index is 0.190. The number of rotatable bonds is 3. The Morgan fingerprint density at radius 1 is 1.73 bits per heavy atom. The van der Waals surface area contributed by atoms with Gasteiger partial charge in [-0.3, -0.25) is 4.68 Å². The number of aromatic nitrogens is 2. The van der Waals surface area contributed by atoms with Gasteiger partial charge in [0.05, 0.1) is 11.8 Å². The molecule has 5 heteroatoms. The topological polar surface area (TPSA) is 62.1 Å². The van der Waals surface area contributed by atoms with E-state index < -0.39 is 0 Å². The molecule has 5 nitrogen and oxygen atoms in total. The summed E-state index contributed by atoms with van der Waals surface area (Å²) in [5.41, 5.74) is 1.01. The van der Waals surface area contributed by atoms with E-state index in [0.29, 0.717) is 12.6 Å². The number of aryl methyl sites for hydroxylation is 2. The zero-order valence-corrected chi connectivity index (χ0v) is 9.20. The largest absolute Gasteiger partial charge is 0.392 e. The lowest BCUT2D eigenvalue weighted by Crippen LogP contribution is -2.29. The maximum absolute atomic E-state index is 9.35. The Balaban J connectivity index is 1.85. The van der Waals surface area contributed by atoms with Crippen molar-refractivity contribution in [3.05, 3.63) is 11.8 Å². The van der Waals surface area contributed by atoms with Gasteiger partial charge in [0.25, 0.3) is 0 Å². The smallest absolute Gasteiger partial charge is 0.124 e. The fraction of sp³-hybridized carbons (Fsp3) is 0.700. The molecule has 84 valence electrons. The third-order valence-electron chi connectivity index (χ3n) is 2.73. The van der Waals surface area contributed by atoms with E-state index in [1.807, 2.05) is 24.7 Å². The average Bonchev–Trinajstić information content (AvgIpc) is 2.70. The lowest BCUT2D eigenvalue weighted by atomic mass is 10.2. The van der Waals surface area contributed by atoms with Crippen LogP contribution in [-0.4, -0.2) is 40.1 Å². The van der Waals surface area contributed by atoms with E-state index in [-0.39, 0.29) is 6.10 Å². The first-order chi connectivity index (χ1) is 7.15. The van der Waals surface area contributed by atoms with Crippen molar-refractivity contribution >= 4 is 5.82 Å². The molecule has 1 aliphatic heterocycles. The van der Waals surface area contributed by atoms with Crippen molar-refractivity contribution < 1.29 is 5.11 Å². The van der Waals surface area contributed by atoms with Crippen LogP contribution >= 0.6 is 0 Å². The Labute approximate surface area is 89.5 Å². The second kappa shape index (κ2) is 4.20. The molecule has 15 heavy (non-hydrogen) atoms. The quantitative estimate of drug-likeness (QED) is 0.650. The lowest BCUT2D eigenvalue weighted by Gasteiger charge is -2.12. The fourth-order valence-corrected chi connectivity index (χ4v) is 1.96. The van der Waals surface area contributed by atoms with Crippen molar-refractivity contribution in [2.75, 3.05) is 18.4 Å². The van der Waals surface area contributed by atoms with E-state index in [9.17, 15) is 5.11 Å². The molecule has 0 bridgehead atoms. The molecule has 0 aromatic carbocycles. The molecule has 1 fully saturated rings. The zero-order valence-electron chi connectivity index (χ0n) is 9.20. The Bertz CT molecular complexity index is 336. The normalized spacial score (nSPS) is 25.8. The highest BCUT2D eigenvalue weighted by Gasteiger charge is 2.21. The first-order valence-electron chi connectivity index (χ1n) is 5.31. The first-order valence-corrected chi connectivity index (χ1v) is 5.31. The van der Waals surface area contributed by atoms with Crippen LogP contribution in [0, 0.1) is 6.92 Å². The summed E-state index contributed by atoms with van der Waals surface area (Å²) < 4.78 is 1.83. The highest BCUT2D eigenvalue weighted by molar-refractivity contribution is 5.36. The van der Waals surface area contributed by atoms with Gasteiger partial charge >= 0.3 is 0 Å². The van der Waals surface area contributed by atoms with Crippen LogP contribution in [0.1, 0.15) is 12.1 Å². The molecule has 1 saturated heterocycles. The molecular weight excluding hydrogens is 192 g/mol. The van der Waals surface area contributed by atoms with E-state index in [1.165, 1.54) is 0 Å². The molecule has 2 atom stereocenters. The van der Waals surface area contributed by atoms with Crippen molar-refractivity contribution in [3.8, 4) is 0 Å². The predicted octanol–water partition coefficient (Wildman–Crippen LogP) is -0.137. The monoisotopic (exact) mass is 210 g/mol. The second-order valence-electron chi connectivity index (χ2n) is 4.17. The molecular formula is C10H18N4O. The molecule has 2 heterocycles. The summed E-state index contributed by atoms with van der Waals surface area (Å²) in [6.45, 7) is 3.51. The van der Waals surface area contributed by atoms with Gasteiger partial charge in [-0.1, -0.05) is 0 Å². The summed E-state index contributed by atoms with van der Waals surface area (Å²) in [7, 11) is 1.92. The zero-order chi connectivity index (χ0) is 10.8. The number of nitrogens with one attached hydrogen (secondary N) is 2. The van der Waals surface area contributed by atoms with Crippen LogP contribution in [0.3, 0.4) is 0 Å². The van der Waals surface area contributed by atoms with Crippen molar-refractivity contribution in [3.63, 3.8) is 0 Å². The number of hydrogen-bond donors (Lipinski definition) is 3. The molecule has 0 radical (unpaired) electrons. The molecule has 0 aliphatic carbocycles. The Morgan fingerprint density at radius 2 is 2.53 bits per heavy atom. The standard InChI is InChI=1S/C10H18N4O/c1-7-3-10(14(2)13-7)12-5-8-4-9(15)6-11-8/h3,8-9,11-12,15H,4-6H2,1-2H3. The predicted molar refractivity (Wildman–Crippen MR) is 58.8 cm³/mol. The fourth-order valence-electron chi connectivity index (χ4n) is 1.96. The van der Waals surface area contributed by atoms with Gasteiger partial charge in [-0.15, -0.1) is 0 Å². The van der Waals surface area contributed by atoms with Gasteiger partial charge in [0.1, 0.15) is 5.82 Å². The average molecular weight is 210 g/mol. The Kier molecular flexibility index (Phi) is 2.93. The maximum atomic E-state index is 9.35. The summed E-state index contributed by atoms with van der Waals surface area (Å²) in [6, 6.07) is 2.38. The second-order valence-corrected chi connectivity index (χ2v) is 4.17. The van der Waals surface area contributed by atoms with Gasteiger partial charge in [-0.25, -0.2) is 0 Å². The van der Waals surface area contributed by atoms with E-state index in [1.54, 1.807) is 0 Å². The molecule has 2 unspecified atom stereocenters. The molecule has 2 rings (SSSR count). The van der Waals surface area contributed by atoms with Crippen LogP contribution in [0.2, 0.25) is 0 Å². The third-order valence-corrected chi connectivity index (χ3v) is 2.73. The highest BCUT2D eigenvalue weighted by atomic mass is 16.3. The van der Waals surface area contributed by atoms with Gasteiger partial charge in [-0.2, -0.15) is 5.10 Å². The van der Waals surface area contributed by atoms with Gasteiger partial charge < -0.3 is 15.7 Å². The lowest BCUT2D eigenvalue weighted by molar-refractivity contribution is 0.193. The number of aliphatic hydroxyl groups is 1. The molecule has 0 spiro atoms. The molecule has 3 N–H and O–H groups in total. The summed E-state index contributed by atoms with van der Waals surface area (Å²) >= 11 is 0. The van der Waals surface area contributed by atoms with Crippen LogP contribution in [0.25, 0.3) is 0 Å². The summed E-state index contributed by atoms with van der Waals surface area (Å²) in [5.74, 6) is 1.02. The van der Waals surface area contributed by atoms with Gasteiger partial charge in [0.15, 0.2) is 0 Å². The molecule has 0 saturated carbocycles. The molecule has 0 amide bonds. The molecule has 1 aromatic rings. The van der Waals surface area contributed by atoms with Crippen LogP contribution in [-0.2, 0) is 7.05 Å². The van der Waals surface area contributed by atoms with Crippen LogP contribution in [0.4, 0.5) is 5.82 Å². The minimum atomic E-state index is -0.190. The number of nitrogens with zero attached hydrogens (tertiary/aromatic N) is 2. The minimum Gasteiger partial charge on any atom is -0.392 e. The van der Waals surface area contributed by atoms with Crippen LogP contribution in [0.15, 0.2) is 6.07 Å². The first kappa shape index (κ1) is 10.4. The van der Waals surface area contributed by atoms with Crippen molar-refractivity contribution in [2.24, 2.45) is 7.05 Å². The summed E-state index contributed by atoms with van der Waals surface area (Å²) in [6.07, 6.45) is 0.634. The van der Waals surface area contributed by atoms with Crippen molar-refractivity contribution in [1.82, 2.24) is 15.1 Å². The third kappa shape index (κ3) is 2.49. The maximum Gasteiger partial charge on any atom is 0.124 e. The number of β-amino-alcohol motifs (C(OH)–C–C–N with tert-alkyl or cyclic N) is 1. The van der Waals surface area contributed by atoms with Gasteiger partial charge in [0.2, 0.25) is 0 Å². The summed E-state index contributed by atoms with van der Waals surface area (Å²) in [4.78, 5) is 0. The van der Waals surface area contributed by atoms with Crippen molar-refractivity contribution in [1.29, 1.82) is 0 Å². The van der Waals surface area contributed by atoms with Crippen LogP contribution in [0.5, 0.6) is 0 Å². The van der Waals surface area contributed by atoms with Gasteiger partial charge in [0, 0.05) is 32.2 Å². The molecule has 1 aliphatic rings. The number of anilines is 1. The van der Waals surface area contributed by atoms with Crippen molar-refractivity contribution in [2.45, 2.75) is 25.5 Å². The Morgan fingerprint density at radius 3 is 3.07 bits per heavy atom. The van der Waals surface area contributed by atoms with E-state index in [4.69, 9.17) is 0 Å². The summed E-state index contributed by atoms with van der Waals surface area (Å²) in [5, 5.41) is 20.2. The van der Waals surface area contributed by atoms with E-state index in [2.05, 4.69) is 15.7 Å². The molecule has 1 aromatic heterocycles. The van der Waals surface area contributed by atoms with E-state index >= 15 is 0 Å². The highest BCUT2D eigenvalue weighted by Crippen LogP contribution is 2.10. The SMILES string of the molecule is Cc1cc(NCC2CC(O)CN2)n(C)n1. The number of hydrogen-bond acceptors (Lipinski definition) is 4. The van der Waals surface area contributed by atoms with Crippen LogP contribution < -0.4 is 10.6 Å². The number of aliphatic hydroxyl groups excluding tert-OH is 1. The Hall–Kier alpha value is -1.07. The van der Waals surface area contributed by atoms with Gasteiger partial charge in [-0.05, 0) is 13.3 Å². The van der Waals surface area contributed by atoms with E-state index in [0.717, 1.165) is 24.5 Å².